The van der Waals surface area contributed by atoms with Gasteiger partial charge in [-0.3, -0.25) is 9.59 Å². The molecule has 0 aliphatic carbocycles. The van der Waals surface area contributed by atoms with Crippen LogP contribution in [0.1, 0.15) is 12.0 Å². The number of aromatic nitrogens is 2. The number of thioether (sulfide) groups is 1. The number of pyridine rings is 2. The fourth-order valence-corrected chi connectivity index (χ4v) is 4.76. The van der Waals surface area contributed by atoms with Crippen molar-refractivity contribution in [2.45, 2.75) is 17.5 Å². The summed E-state index contributed by atoms with van der Waals surface area (Å²) in [7, 11) is 0. The topological polar surface area (TPSA) is 135 Å². The second-order valence-electron chi connectivity index (χ2n) is 8.38. The monoisotopic (exact) mass is 551 g/mol. The molecule has 2 aromatic heterocycles. The number of aromatic hydroxyl groups is 1. The third-order valence-corrected chi connectivity index (χ3v) is 6.80. The van der Waals surface area contributed by atoms with Crippen LogP contribution in [-0.4, -0.2) is 75.5 Å². The van der Waals surface area contributed by atoms with Gasteiger partial charge in [-0.05, 0) is 36.6 Å². The Morgan fingerprint density at radius 3 is 2.79 bits per heavy atom. The van der Waals surface area contributed by atoms with E-state index in [1.54, 1.807) is 23.2 Å². The fourth-order valence-electron chi connectivity index (χ4n) is 4.28. The molecule has 2 amide bonds. The summed E-state index contributed by atoms with van der Waals surface area (Å²) in [4.78, 5) is 39.7. The number of amides is 2. The first-order chi connectivity index (χ1) is 18.9. The molecule has 1 aliphatic rings. The van der Waals surface area contributed by atoms with E-state index in [0.29, 0.717) is 23.5 Å². The number of halogens is 2. The van der Waals surface area contributed by atoms with Crippen LogP contribution in [0.25, 0.3) is 11.3 Å². The normalized spacial score (nSPS) is 15.5. The minimum Gasteiger partial charge on any atom is -0.507 e. The maximum absolute atomic E-state index is 15.6. The minimum absolute atomic E-state index is 0.0586. The van der Waals surface area contributed by atoms with Gasteiger partial charge in [0.1, 0.15) is 33.9 Å². The van der Waals surface area contributed by atoms with E-state index in [-0.39, 0.29) is 43.3 Å². The number of carbonyl (C=O) groups is 2. The highest BCUT2D eigenvalue weighted by atomic mass is 32.2. The van der Waals surface area contributed by atoms with E-state index in [0.717, 1.165) is 12.1 Å². The third kappa shape index (κ3) is 5.80. The highest BCUT2D eigenvalue weighted by molar-refractivity contribution is 7.98. The Hall–Kier alpha value is -4.57. The molecule has 0 bridgehead atoms. The zero-order valence-corrected chi connectivity index (χ0v) is 21.5. The number of nitrogens with zero attached hydrogens (tertiary/aromatic N) is 6. The number of phenols is 1. The largest absolute Gasteiger partial charge is 0.507 e. The quantitative estimate of drug-likeness (QED) is 0.188. The predicted octanol–water partition coefficient (Wildman–Crippen LogP) is 3.55. The average Bonchev–Trinajstić information content (AvgIpc) is 2.93. The molecule has 1 unspecified atom stereocenters. The molecule has 0 saturated carbocycles. The van der Waals surface area contributed by atoms with Gasteiger partial charge in [-0.1, -0.05) is 6.07 Å². The summed E-state index contributed by atoms with van der Waals surface area (Å²) < 4.78 is 30.2. The lowest BCUT2D eigenvalue weighted by atomic mass is 10.0. The Morgan fingerprint density at radius 2 is 2.10 bits per heavy atom. The Labute approximate surface area is 227 Å². The molecule has 4 rings (SSSR count). The highest BCUT2D eigenvalue weighted by Gasteiger charge is 2.31. The van der Waals surface area contributed by atoms with Gasteiger partial charge in [-0.2, -0.15) is 5.26 Å². The van der Waals surface area contributed by atoms with Crippen LogP contribution in [0.3, 0.4) is 0 Å². The first kappa shape index (κ1) is 27.5. The number of aliphatic imine (C=N–C) groups is 1. The first-order valence-corrected chi connectivity index (χ1v) is 12.9. The highest BCUT2D eigenvalue weighted by Crippen LogP contribution is 2.35. The van der Waals surface area contributed by atoms with Gasteiger partial charge < -0.3 is 20.2 Å². The SMILES string of the molecule is CSc1ncccc1N=C(c1cc(F)c(-c2c(O)cccc2F)nc1NC=O)N1CCN(C=O)C(CC#N)C1. The molecule has 39 heavy (non-hydrogen) atoms. The third-order valence-electron chi connectivity index (χ3n) is 6.10. The van der Waals surface area contributed by atoms with Gasteiger partial charge in [-0.15, -0.1) is 11.8 Å². The summed E-state index contributed by atoms with van der Waals surface area (Å²) in [5.41, 5.74) is -0.426. The summed E-state index contributed by atoms with van der Waals surface area (Å²) in [5, 5.41) is 22.5. The summed E-state index contributed by atoms with van der Waals surface area (Å²) >= 11 is 1.35. The standard InChI is InChI=1S/C26H23F2N7O3S/c1-39-26-20(5-3-9-30-26)32-25(34-10-11-35(15-37)16(13-34)7-8-29)17-12-19(28)23(33-24(17)31-14-36)22-18(27)4-2-6-21(22)38/h2-6,9,12,14-16,38H,7,10-11,13H2,1H3,(H,31,33,36). The number of phenolic OH excluding ortho intramolecular Hbond substituents is 1. The van der Waals surface area contributed by atoms with Crippen LogP contribution in [0, 0.1) is 23.0 Å². The molecular formula is C26H23F2N7O3S. The summed E-state index contributed by atoms with van der Waals surface area (Å²) in [6.07, 6.45) is 4.50. The van der Waals surface area contributed by atoms with E-state index in [1.165, 1.54) is 28.8 Å². The maximum Gasteiger partial charge on any atom is 0.212 e. The average molecular weight is 552 g/mol. The van der Waals surface area contributed by atoms with Crippen LogP contribution in [0.5, 0.6) is 5.75 Å². The molecular weight excluding hydrogens is 528 g/mol. The van der Waals surface area contributed by atoms with Crippen molar-refractivity contribution in [2.24, 2.45) is 4.99 Å². The molecule has 13 heteroatoms. The van der Waals surface area contributed by atoms with Gasteiger partial charge in [0.2, 0.25) is 12.8 Å². The van der Waals surface area contributed by atoms with Gasteiger partial charge >= 0.3 is 0 Å². The van der Waals surface area contributed by atoms with Crippen molar-refractivity contribution < 1.29 is 23.5 Å². The fraction of sp³-hybridized carbons (Fsp3) is 0.231. The van der Waals surface area contributed by atoms with Gasteiger partial charge in [0.05, 0.1) is 35.3 Å². The van der Waals surface area contributed by atoms with Crippen molar-refractivity contribution in [1.29, 1.82) is 5.26 Å². The summed E-state index contributed by atoms with van der Waals surface area (Å²) in [6.45, 7) is 0.745. The van der Waals surface area contributed by atoms with E-state index >= 15 is 4.39 Å². The number of nitriles is 1. The molecule has 200 valence electrons. The number of amidine groups is 1. The molecule has 1 atom stereocenters. The Kier molecular flexibility index (Phi) is 8.67. The zero-order chi connectivity index (χ0) is 27.9. The smallest absolute Gasteiger partial charge is 0.212 e. The van der Waals surface area contributed by atoms with Gasteiger partial charge in [0.15, 0.2) is 5.82 Å². The number of piperazine rings is 1. The summed E-state index contributed by atoms with van der Waals surface area (Å²) in [5.74, 6) is -2.32. The van der Waals surface area contributed by atoms with Gasteiger partial charge in [0, 0.05) is 25.8 Å². The van der Waals surface area contributed by atoms with Crippen LogP contribution >= 0.6 is 11.8 Å². The number of hydrogen-bond donors (Lipinski definition) is 2. The number of benzene rings is 1. The maximum atomic E-state index is 15.6. The molecule has 1 aromatic carbocycles. The van der Waals surface area contributed by atoms with E-state index in [9.17, 15) is 24.3 Å². The van der Waals surface area contributed by atoms with Crippen LogP contribution < -0.4 is 5.32 Å². The molecule has 1 saturated heterocycles. The molecule has 2 N–H and O–H groups in total. The van der Waals surface area contributed by atoms with Crippen LogP contribution in [-0.2, 0) is 9.59 Å². The van der Waals surface area contributed by atoms with E-state index in [2.05, 4.69) is 21.4 Å². The van der Waals surface area contributed by atoms with Crippen molar-refractivity contribution in [3.05, 3.63) is 59.8 Å². The number of hydrogen-bond acceptors (Lipinski definition) is 8. The Bertz CT molecular complexity index is 1440. The van der Waals surface area contributed by atoms with E-state index in [1.807, 2.05) is 6.26 Å². The molecule has 10 nitrogen and oxygen atoms in total. The molecule has 1 aliphatic heterocycles. The van der Waals surface area contributed by atoms with Crippen molar-refractivity contribution >= 4 is 41.9 Å². The van der Waals surface area contributed by atoms with Gasteiger partial charge in [0.25, 0.3) is 0 Å². The minimum atomic E-state index is -0.967. The van der Waals surface area contributed by atoms with Crippen LogP contribution in [0.4, 0.5) is 20.3 Å². The molecule has 0 radical (unpaired) electrons. The lowest BCUT2D eigenvalue weighted by molar-refractivity contribution is -0.121. The lowest BCUT2D eigenvalue weighted by Gasteiger charge is -2.40. The van der Waals surface area contributed by atoms with Crippen molar-refractivity contribution in [3.8, 4) is 23.1 Å². The Balaban J connectivity index is 1.92. The first-order valence-electron chi connectivity index (χ1n) is 11.7. The molecule has 3 heterocycles. The number of nitrogens with one attached hydrogen (secondary N) is 1. The van der Waals surface area contributed by atoms with E-state index < -0.39 is 34.7 Å². The lowest BCUT2D eigenvalue weighted by Crippen LogP contribution is -2.54. The molecule has 3 aromatic rings. The number of rotatable bonds is 8. The second-order valence-corrected chi connectivity index (χ2v) is 9.18. The van der Waals surface area contributed by atoms with Crippen molar-refractivity contribution in [2.75, 3.05) is 31.2 Å². The van der Waals surface area contributed by atoms with Crippen molar-refractivity contribution in [3.63, 3.8) is 0 Å². The second kappa shape index (κ2) is 12.3. The number of carbonyl (C=O) groups excluding carboxylic acids is 2. The van der Waals surface area contributed by atoms with Crippen LogP contribution in [0.2, 0.25) is 0 Å². The Morgan fingerprint density at radius 1 is 1.28 bits per heavy atom. The van der Waals surface area contributed by atoms with Crippen LogP contribution in [0.15, 0.2) is 52.6 Å². The predicted molar refractivity (Wildman–Crippen MR) is 142 cm³/mol. The van der Waals surface area contributed by atoms with Gasteiger partial charge in [-0.25, -0.2) is 23.7 Å². The number of anilines is 1. The van der Waals surface area contributed by atoms with E-state index in [4.69, 9.17) is 4.99 Å². The molecule has 1 fully saturated rings. The molecule has 0 spiro atoms. The summed E-state index contributed by atoms with van der Waals surface area (Å²) in [6, 6.07) is 9.59. The zero-order valence-electron chi connectivity index (χ0n) is 20.7. The van der Waals surface area contributed by atoms with Crippen molar-refractivity contribution in [1.82, 2.24) is 19.8 Å².